The molecule has 26 heavy (non-hydrogen) atoms. The molecule has 0 N–H and O–H groups in total. The second-order valence-electron chi connectivity index (χ2n) is 6.63. The molecule has 2 aromatic heterocycles. The van der Waals surface area contributed by atoms with E-state index >= 15 is 0 Å². The van der Waals surface area contributed by atoms with E-state index in [4.69, 9.17) is 4.42 Å². The zero-order chi connectivity index (χ0) is 18.3. The van der Waals surface area contributed by atoms with Gasteiger partial charge in [0.15, 0.2) is 0 Å². The van der Waals surface area contributed by atoms with Gasteiger partial charge in [0.25, 0.3) is 0 Å². The van der Waals surface area contributed by atoms with Crippen molar-refractivity contribution in [3.8, 4) is 0 Å². The Labute approximate surface area is 151 Å². The summed E-state index contributed by atoms with van der Waals surface area (Å²) in [5.41, 5.74) is 2.68. The van der Waals surface area contributed by atoms with Gasteiger partial charge in [0, 0.05) is 12.4 Å². The Bertz CT molecular complexity index is 1050. The van der Waals surface area contributed by atoms with Crippen LogP contribution in [0.3, 0.4) is 0 Å². The van der Waals surface area contributed by atoms with Crippen LogP contribution in [0.4, 0.5) is 0 Å². The molecule has 0 saturated heterocycles. The topological polar surface area (TPSA) is 51.3 Å². The number of amides is 1. The van der Waals surface area contributed by atoms with Gasteiger partial charge < -0.3 is 13.9 Å². The SMILES string of the molecule is C[C@@H](c1cc2ccccc2o1)N(C)C(=O)[C@H](C)n1cnc2ccccc21. The van der Waals surface area contributed by atoms with Crippen molar-refractivity contribution in [1.29, 1.82) is 0 Å². The standard InChI is InChI=1S/C21H21N3O2/c1-14(20-12-16-8-4-7-11-19(16)26-20)23(3)21(25)15(2)24-13-22-17-9-5-6-10-18(17)24/h4-15H,1-3H3/t14-,15-/m0/s1. The van der Waals surface area contributed by atoms with Crippen molar-refractivity contribution in [2.45, 2.75) is 25.9 Å². The minimum atomic E-state index is -0.348. The lowest BCUT2D eigenvalue weighted by Gasteiger charge is -2.27. The van der Waals surface area contributed by atoms with Gasteiger partial charge >= 0.3 is 0 Å². The van der Waals surface area contributed by atoms with Crippen molar-refractivity contribution >= 4 is 27.9 Å². The first-order valence-electron chi connectivity index (χ1n) is 8.73. The van der Waals surface area contributed by atoms with Crippen LogP contribution in [0.25, 0.3) is 22.0 Å². The maximum Gasteiger partial charge on any atom is 0.245 e. The highest BCUT2D eigenvalue weighted by atomic mass is 16.3. The van der Waals surface area contributed by atoms with Crippen molar-refractivity contribution in [3.63, 3.8) is 0 Å². The first-order valence-corrected chi connectivity index (χ1v) is 8.73. The molecule has 5 heteroatoms. The van der Waals surface area contributed by atoms with E-state index in [1.54, 1.807) is 11.2 Å². The monoisotopic (exact) mass is 347 g/mol. The number of benzene rings is 2. The fourth-order valence-corrected chi connectivity index (χ4v) is 3.29. The summed E-state index contributed by atoms with van der Waals surface area (Å²) in [4.78, 5) is 19.2. The summed E-state index contributed by atoms with van der Waals surface area (Å²) in [7, 11) is 1.82. The number of nitrogens with zero attached hydrogens (tertiary/aromatic N) is 3. The summed E-state index contributed by atoms with van der Waals surface area (Å²) in [5.74, 6) is 0.797. The van der Waals surface area contributed by atoms with E-state index < -0.39 is 0 Å². The van der Waals surface area contributed by atoms with Crippen molar-refractivity contribution in [1.82, 2.24) is 14.5 Å². The Hall–Kier alpha value is -3.08. The lowest BCUT2D eigenvalue weighted by molar-refractivity contribution is -0.135. The molecule has 0 radical (unpaired) electrons. The van der Waals surface area contributed by atoms with Crippen LogP contribution in [0.2, 0.25) is 0 Å². The Balaban J connectivity index is 1.60. The van der Waals surface area contributed by atoms with Gasteiger partial charge in [-0.15, -0.1) is 0 Å². The van der Waals surface area contributed by atoms with Crippen molar-refractivity contribution in [2.75, 3.05) is 7.05 Å². The highest BCUT2D eigenvalue weighted by molar-refractivity contribution is 5.84. The maximum absolute atomic E-state index is 13.1. The number of imidazole rings is 1. The predicted molar refractivity (Wildman–Crippen MR) is 102 cm³/mol. The smallest absolute Gasteiger partial charge is 0.245 e. The third kappa shape index (κ3) is 2.65. The number of hydrogen-bond acceptors (Lipinski definition) is 3. The zero-order valence-corrected chi connectivity index (χ0v) is 15.1. The molecule has 0 aliphatic carbocycles. The van der Waals surface area contributed by atoms with Gasteiger partial charge in [-0.2, -0.15) is 0 Å². The molecule has 0 unspecified atom stereocenters. The number of aromatic nitrogens is 2. The number of fused-ring (bicyclic) bond motifs is 2. The van der Waals surface area contributed by atoms with E-state index in [2.05, 4.69) is 4.98 Å². The third-order valence-corrected chi connectivity index (χ3v) is 5.04. The molecular weight excluding hydrogens is 326 g/mol. The van der Waals surface area contributed by atoms with Crippen LogP contribution in [0.15, 0.2) is 65.3 Å². The largest absolute Gasteiger partial charge is 0.459 e. The number of likely N-dealkylation sites (N-methyl/N-ethyl adjacent to an activating group) is 1. The van der Waals surface area contributed by atoms with Gasteiger partial charge in [-0.25, -0.2) is 4.98 Å². The van der Waals surface area contributed by atoms with E-state index in [0.29, 0.717) is 0 Å². The Morgan fingerprint density at radius 3 is 2.65 bits per heavy atom. The van der Waals surface area contributed by atoms with Crippen LogP contribution in [0.5, 0.6) is 0 Å². The second-order valence-corrected chi connectivity index (χ2v) is 6.63. The fraction of sp³-hybridized carbons (Fsp3) is 0.238. The van der Waals surface area contributed by atoms with Gasteiger partial charge in [-0.1, -0.05) is 30.3 Å². The summed E-state index contributed by atoms with van der Waals surface area (Å²) in [6.07, 6.45) is 1.73. The van der Waals surface area contributed by atoms with Crippen LogP contribution in [0.1, 0.15) is 31.7 Å². The first-order chi connectivity index (χ1) is 12.6. The van der Waals surface area contributed by atoms with E-state index in [1.165, 1.54) is 0 Å². The minimum Gasteiger partial charge on any atom is -0.459 e. The van der Waals surface area contributed by atoms with Crippen molar-refractivity contribution in [2.24, 2.45) is 0 Å². The lowest BCUT2D eigenvalue weighted by Crippen LogP contribution is -2.34. The molecule has 0 aliphatic heterocycles. The Morgan fingerprint density at radius 1 is 1.12 bits per heavy atom. The van der Waals surface area contributed by atoms with E-state index in [9.17, 15) is 4.79 Å². The molecule has 2 heterocycles. The molecule has 2 atom stereocenters. The van der Waals surface area contributed by atoms with Crippen molar-refractivity contribution in [3.05, 3.63) is 66.7 Å². The average molecular weight is 347 g/mol. The molecule has 5 nitrogen and oxygen atoms in total. The van der Waals surface area contributed by atoms with Crippen LogP contribution >= 0.6 is 0 Å². The number of hydrogen-bond donors (Lipinski definition) is 0. The highest BCUT2D eigenvalue weighted by Gasteiger charge is 2.26. The van der Waals surface area contributed by atoms with Gasteiger partial charge in [0.1, 0.15) is 17.4 Å². The van der Waals surface area contributed by atoms with Crippen LogP contribution in [-0.2, 0) is 4.79 Å². The third-order valence-electron chi connectivity index (χ3n) is 5.04. The van der Waals surface area contributed by atoms with Gasteiger partial charge in [-0.3, -0.25) is 4.79 Å². The summed E-state index contributed by atoms with van der Waals surface area (Å²) in [6, 6.07) is 17.2. The molecular formula is C21H21N3O2. The van der Waals surface area contributed by atoms with Gasteiger partial charge in [0.2, 0.25) is 5.91 Å². The quantitative estimate of drug-likeness (QED) is 0.544. The Morgan fingerprint density at radius 2 is 1.85 bits per heavy atom. The summed E-state index contributed by atoms with van der Waals surface area (Å²) < 4.78 is 7.84. The predicted octanol–water partition coefficient (Wildman–Crippen LogP) is 4.56. The molecule has 1 amide bonds. The summed E-state index contributed by atoms with van der Waals surface area (Å²) in [6.45, 7) is 3.88. The van der Waals surface area contributed by atoms with E-state index in [1.807, 2.05) is 80.1 Å². The molecule has 2 aromatic carbocycles. The molecule has 0 bridgehead atoms. The second kappa shape index (κ2) is 6.33. The number of carbonyl (C=O) groups excluding carboxylic acids is 1. The fourth-order valence-electron chi connectivity index (χ4n) is 3.29. The molecule has 0 saturated carbocycles. The molecule has 0 fully saturated rings. The molecule has 132 valence electrons. The van der Waals surface area contributed by atoms with Crippen LogP contribution < -0.4 is 0 Å². The number of para-hydroxylation sites is 3. The van der Waals surface area contributed by atoms with E-state index in [-0.39, 0.29) is 18.0 Å². The number of carbonyl (C=O) groups is 1. The highest BCUT2D eigenvalue weighted by Crippen LogP contribution is 2.28. The maximum atomic E-state index is 13.1. The van der Waals surface area contributed by atoms with Crippen molar-refractivity contribution < 1.29 is 9.21 Å². The van der Waals surface area contributed by atoms with Crippen LogP contribution in [0, 0.1) is 0 Å². The molecule has 0 aliphatic rings. The molecule has 4 rings (SSSR count). The molecule has 4 aromatic rings. The van der Waals surface area contributed by atoms with Crippen LogP contribution in [-0.4, -0.2) is 27.4 Å². The number of furan rings is 1. The lowest BCUT2D eigenvalue weighted by atomic mass is 10.1. The minimum absolute atomic E-state index is 0.0149. The zero-order valence-electron chi connectivity index (χ0n) is 15.1. The van der Waals surface area contributed by atoms with Gasteiger partial charge in [0.05, 0.1) is 23.4 Å². The normalized spacial score (nSPS) is 13.8. The summed E-state index contributed by atoms with van der Waals surface area (Å²) >= 11 is 0. The summed E-state index contributed by atoms with van der Waals surface area (Å²) in [5, 5.41) is 1.05. The Kier molecular flexibility index (Phi) is 3.99. The first kappa shape index (κ1) is 16.4. The number of rotatable bonds is 4. The molecule has 0 spiro atoms. The van der Waals surface area contributed by atoms with E-state index in [0.717, 1.165) is 27.8 Å². The average Bonchev–Trinajstić information content (AvgIpc) is 3.29. The van der Waals surface area contributed by atoms with Gasteiger partial charge in [-0.05, 0) is 38.1 Å².